The van der Waals surface area contributed by atoms with Gasteiger partial charge in [0.15, 0.2) is 0 Å². The van der Waals surface area contributed by atoms with Crippen LogP contribution in [0.25, 0.3) is 0 Å². The van der Waals surface area contributed by atoms with Crippen molar-refractivity contribution in [2.45, 2.75) is 43.3 Å². The van der Waals surface area contributed by atoms with Crippen LogP contribution in [-0.2, 0) is 21.4 Å². The van der Waals surface area contributed by atoms with Gasteiger partial charge < -0.3 is 20.0 Å². The van der Waals surface area contributed by atoms with Gasteiger partial charge in [-0.2, -0.15) is 0 Å². The predicted octanol–water partition coefficient (Wildman–Crippen LogP) is 3.57. The summed E-state index contributed by atoms with van der Waals surface area (Å²) >= 11 is 0. The van der Waals surface area contributed by atoms with E-state index in [1.165, 1.54) is 0 Å². The highest BCUT2D eigenvalue weighted by molar-refractivity contribution is 7.89. The lowest BCUT2D eigenvalue weighted by atomic mass is 10.1. The lowest BCUT2D eigenvalue weighted by Crippen LogP contribution is -2.50. The van der Waals surface area contributed by atoms with Gasteiger partial charge in [0.05, 0.1) is 22.5 Å². The molecule has 1 amide bonds. The summed E-state index contributed by atoms with van der Waals surface area (Å²) in [5.74, 6) is 0.624. The number of piperidine rings is 1. The molecule has 38 heavy (non-hydrogen) atoms. The smallest absolute Gasteiger partial charge is 0.249 e. The fourth-order valence-corrected chi connectivity index (χ4v) is 6.32. The minimum Gasteiger partial charge on any atom is -0.354 e. The van der Waals surface area contributed by atoms with Crippen molar-refractivity contribution in [3.63, 3.8) is 0 Å². The molecule has 0 aliphatic carbocycles. The number of likely N-dealkylation sites (N-methyl/N-ethyl adjacent to an activating group) is 1. The number of nitrogens with zero attached hydrogens (tertiary/aromatic N) is 4. The molecule has 3 aromatic rings. The van der Waals surface area contributed by atoms with E-state index in [9.17, 15) is 13.2 Å². The van der Waals surface area contributed by atoms with Gasteiger partial charge in [-0.05, 0) is 69.7 Å². The summed E-state index contributed by atoms with van der Waals surface area (Å²) in [4.78, 5) is 23.6. The van der Waals surface area contributed by atoms with Crippen molar-refractivity contribution < 1.29 is 13.2 Å². The van der Waals surface area contributed by atoms with Gasteiger partial charge in [0.25, 0.3) is 0 Å². The summed E-state index contributed by atoms with van der Waals surface area (Å²) in [5, 5.41) is 3.28. The van der Waals surface area contributed by atoms with Crippen LogP contribution in [0.1, 0.15) is 25.3 Å². The molecule has 1 saturated heterocycles. The number of likely N-dealkylation sites (tertiary alicyclic amines) is 1. The second-order valence-corrected chi connectivity index (χ2v) is 11.8. The number of benzene rings is 2. The zero-order valence-corrected chi connectivity index (χ0v) is 22.8. The average Bonchev–Trinajstić information content (AvgIpc) is 2.92. The number of sulfonamides is 1. The van der Waals surface area contributed by atoms with Crippen LogP contribution in [-0.4, -0.2) is 63.5 Å². The Bertz CT molecular complexity index is 1390. The van der Waals surface area contributed by atoms with Crippen LogP contribution in [0.2, 0.25) is 0 Å². The molecule has 0 saturated carbocycles. The second kappa shape index (κ2) is 10.7. The SMILES string of the molecule is C[C@@H]1C(=O)N(C)c2cnc(Nc3ccc(S(=O)(=O)NC4CCN(C)CC4)cc3)cc2N1Cc1ccccc1. The van der Waals surface area contributed by atoms with E-state index in [2.05, 4.69) is 24.8 Å². The number of hydrogen-bond acceptors (Lipinski definition) is 7. The van der Waals surface area contributed by atoms with Crippen LogP contribution in [0.3, 0.4) is 0 Å². The van der Waals surface area contributed by atoms with Crippen molar-refractivity contribution in [1.82, 2.24) is 14.6 Å². The lowest BCUT2D eigenvalue weighted by molar-refractivity contribution is -0.119. The van der Waals surface area contributed by atoms with Gasteiger partial charge >= 0.3 is 0 Å². The largest absolute Gasteiger partial charge is 0.354 e. The summed E-state index contributed by atoms with van der Waals surface area (Å²) in [7, 11) is 0.228. The molecule has 2 N–H and O–H groups in total. The van der Waals surface area contributed by atoms with Crippen molar-refractivity contribution in [3.05, 3.63) is 72.4 Å². The van der Waals surface area contributed by atoms with Crippen molar-refractivity contribution in [2.24, 2.45) is 0 Å². The van der Waals surface area contributed by atoms with E-state index in [1.807, 2.05) is 50.4 Å². The first-order chi connectivity index (χ1) is 18.2. The normalized spacial score (nSPS) is 18.9. The van der Waals surface area contributed by atoms with Crippen molar-refractivity contribution in [1.29, 1.82) is 0 Å². The van der Waals surface area contributed by atoms with Crippen LogP contribution in [0.5, 0.6) is 0 Å². The fourth-order valence-electron chi connectivity index (χ4n) is 5.02. The Morgan fingerprint density at radius 2 is 1.66 bits per heavy atom. The molecule has 2 aliphatic rings. The van der Waals surface area contributed by atoms with Crippen LogP contribution in [0.4, 0.5) is 22.9 Å². The third-order valence-electron chi connectivity index (χ3n) is 7.36. The van der Waals surface area contributed by atoms with E-state index in [1.54, 1.807) is 42.4 Å². The van der Waals surface area contributed by atoms with E-state index >= 15 is 0 Å². The Labute approximate surface area is 224 Å². The number of anilines is 4. The van der Waals surface area contributed by atoms with Crippen LogP contribution in [0.15, 0.2) is 71.8 Å². The van der Waals surface area contributed by atoms with Gasteiger partial charge in [-0.25, -0.2) is 18.1 Å². The number of pyridine rings is 1. The van der Waals surface area contributed by atoms with E-state index in [-0.39, 0.29) is 22.9 Å². The Morgan fingerprint density at radius 3 is 2.34 bits per heavy atom. The number of aromatic nitrogens is 1. The summed E-state index contributed by atoms with van der Waals surface area (Å²) < 4.78 is 28.6. The molecule has 1 fully saturated rings. The third kappa shape index (κ3) is 5.52. The van der Waals surface area contributed by atoms with E-state index in [0.717, 1.165) is 48.6 Å². The quantitative estimate of drug-likeness (QED) is 0.478. The average molecular weight is 535 g/mol. The molecule has 0 unspecified atom stereocenters. The van der Waals surface area contributed by atoms with E-state index in [4.69, 9.17) is 0 Å². The molecule has 5 rings (SSSR count). The summed E-state index contributed by atoms with van der Waals surface area (Å²) in [6, 6.07) is 18.3. The Balaban J connectivity index is 1.34. The molecule has 3 heterocycles. The molecule has 0 bridgehead atoms. The first-order valence-corrected chi connectivity index (χ1v) is 14.4. The third-order valence-corrected chi connectivity index (χ3v) is 8.90. The van der Waals surface area contributed by atoms with Crippen LogP contribution < -0.4 is 19.8 Å². The predicted molar refractivity (Wildman–Crippen MR) is 150 cm³/mol. The fraction of sp³-hybridized carbons (Fsp3) is 0.357. The highest BCUT2D eigenvalue weighted by Crippen LogP contribution is 2.37. The molecule has 200 valence electrons. The molecule has 2 aliphatic heterocycles. The number of rotatable bonds is 7. The molecule has 0 spiro atoms. The first kappa shape index (κ1) is 26.1. The molecule has 1 aromatic heterocycles. The van der Waals surface area contributed by atoms with E-state index < -0.39 is 10.0 Å². The van der Waals surface area contributed by atoms with Gasteiger partial charge in [-0.3, -0.25) is 4.79 Å². The number of hydrogen-bond donors (Lipinski definition) is 2. The molecule has 0 radical (unpaired) electrons. The Kier molecular flexibility index (Phi) is 7.38. The van der Waals surface area contributed by atoms with Gasteiger partial charge in [-0.15, -0.1) is 0 Å². The summed E-state index contributed by atoms with van der Waals surface area (Å²) in [5.41, 5.74) is 3.48. The summed E-state index contributed by atoms with van der Waals surface area (Å²) in [6.07, 6.45) is 3.31. The maximum absolute atomic E-state index is 12.9. The highest BCUT2D eigenvalue weighted by atomic mass is 32.2. The molecular formula is C28H34N6O3S. The Hall–Kier alpha value is -3.47. The van der Waals surface area contributed by atoms with Gasteiger partial charge in [0, 0.05) is 31.4 Å². The standard InChI is InChI=1S/C28H34N6O3S/c1-20-28(35)33(3)26-18-29-27(17-25(26)34(20)19-21-7-5-4-6-8-21)30-22-9-11-24(12-10-22)38(36,37)31-23-13-15-32(2)16-14-23/h4-12,17-18,20,23,31H,13-16,19H2,1-3H3,(H,29,30)/t20-/m1/s1. The molecular weight excluding hydrogens is 500 g/mol. The molecule has 1 atom stereocenters. The number of fused-ring (bicyclic) bond motifs is 1. The van der Waals surface area contributed by atoms with E-state index in [0.29, 0.717) is 12.4 Å². The maximum atomic E-state index is 12.9. The Morgan fingerprint density at radius 1 is 0.974 bits per heavy atom. The minimum absolute atomic E-state index is 0.0154. The number of carbonyl (C=O) groups excluding carboxylic acids is 1. The number of amides is 1. The maximum Gasteiger partial charge on any atom is 0.249 e. The highest BCUT2D eigenvalue weighted by Gasteiger charge is 2.34. The van der Waals surface area contributed by atoms with Crippen LogP contribution in [0, 0.1) is 0 Å². The summed E-state index contributed by atoms with van der Waals surface area (Å²) in [6.45, 7) is 4.27. The number of nitrogens with one attached hydrogen (secondary N) is 2. The topological polar surface area (TPSA) is 97.9 Å². The van der Waals surface area contributed by atoms with Crippen LogP contribution >= 0.6 is 0 Å². The van der Waals surface area contributed by atoms with Gasteiger partial charge in [0.2, 0.25) is 15.9 Å². The minimum atomic E-state index is -3.59. The van der Waals surface area contributed by atoms with Crippen molar-refractivity contribution in [3.8, 4) is 0 Å². The first-order valence-electron chi connectivity index (χ1n) is 12.9. The monoisotopic (exact) mass is 534 g/mol. The van der Waals surface area contributed by atoms with Crippen molar-refractivity contribution in [2.75, 3.05) is 42.3 Å². The molecule has 2 aromatic carbocycles. The molecule has 9 nitrogen and oxygen atoms in total. The zero-order valence-electron chi connectivity index (χ0n) is 22.0. The van der Waals surface area contributed by atoms with Gasteiger partial charge in [-0.1, -0.05) is 30.3 Å². The lowest BCUT2D eigenvalue weighted by Gasteiger charge is -2.40. The zero-order chi connectivity index (χ0) is 26.9. The van der Waals surface area contributed by atoms with Crippen molar-refractivity contribution >= 4 is 38.8 Å². The number of carbonyl (C=O) groups is 1. The molecule has 10 heteroatoms. The second-order valence-electron chi connectivity index (χ2n) is 10.1. The van der Waals surface area contributed by atoms with Gasteiger partial charge in [0.1, 0.15) is 11.9 Å².